The first-order valence-electron chi connectivity index (χ1n) is 7.25. The molecule has 0 spiro atoms. The van der Waals surface area contributed by atoms with Gasteiger partial charge in [-0.1, -0.05) is 33.6 Å². The van der Waals surface area contributed by atoms with Crippen molar-refractivity contribution in [3.05, 3.63) is 11.8 Å². The zero-order chi connectivity index (χ0) is 13.8. The summed E-state index contributed by atoms with van der Waals surface area (Å²) >= 11 is 0. The fraction of sp³-hybridized carbons (Fsp3) is 0.800. The van der Waals surface area contributed by atoms with Gasteiger partial charge in [-0.05, 0) is 26.2 Å². The predicted molar refractivity (Wildman–Crippen MR) is 76.4 cm³/mol. The maximum Gasteiger partial charge on any atom is 0.335 e. The average Bonchev–Trinajstić information content (AvgIpc) is 2.38. The smallest absolute Gasteiger partial charge is 0.335 e. The van der Waals surface area contributed by atoms with Crippen molar-refractivity contribution in [1.82, 2.24) is 4.90 Å². The second-order valence-electron chi connectivity index (χ2n) is 4.69. The zero-order valence-corrected chi connectivity index (χ0v) is 12.5. The monoisotopic (exact) mass is 255 g/mol. The van der Waals surface area contributed by atoms with Crippen molar-refractivity contribution in [3.8, 4) is 0 Å². The molecule has 0 saturated heterocycles. The number of carbonyl (C=O) groups is 1. The maximum absolute atomic E-state index is 11.7. The number of rotatable bonds is 10. The zero-order valence-electron chi connectivity index (χ0n) is 12.5. The van der Waals surface area contributed by atoms with E-state index in [1.165, 1.54) is 12.8 Å². The lowest BCUT2D eigenvalue weighted by Crippen LogP contribution is -2.22. The molecule has 0 fully saturated rings. The van der Waals surface area contributed by atoms with Crippen LogP contribution in [0.1, 0.15) is 59.8 Å². The normalized spacial score (nSPS) is 11.4. The molecule has 0 aliphatic rings. The van der Waals surface area contributed by atoms with E-state index in [0.717, 1.165) is 32.4 Å². The second kappa shape index (κ2) is 11.1. The van der Waals surface area contributed by atoms with Gasteiger partial charge in [0.15, 0.2) is 0 Å². The highest BCUT2D eigenvalue weighted by Crippen LogP contribution is 2.05. The number of hydrogen-bond acceptors (Lipinski definition) is 3. The lowest BCUT2D eigenvalue weighted by Gasteiger charge is -2.20. The Kier molecular flexibility index (Phi) is 10.5. The van der Waals surface area contributed by atoms with Crippen LogP contribution >= 0.6 is 0 Å². The van der Waals surface area contributed by atoms with Gasteiger partial charge in [0, 0.05) is 24.9 Å². The highest BCUT2D eigenvalue weighted by molar-refractivity contribution is 5.87. The van der Waals surface area contributed by atoms with Crippen LogP contribution in [0.15, 0.2) is 11.8 Å². The van der Waals surface area contributed by atoms with Crippen molar-refractivity contribution >= 4 is 5.97 Å². The van der Waals surface area contributed by atoms with E-state index in [-0.39, 0.29) is 5.97 Å². The summed E-state index contributed by atoms with van der Waals surface area (Å²) < 4.78 is 5.13. The summed E-state index contributed by atoms with van der Waals surface area (Å²) in [5.41, 5.74) is 0.704. The van der Waals surface area contributed by atoms with Gasteiger partial charge in [0.25, 0.3) is 0 Å². The van der Waals surface area contributed by atoms with E-state index in [1.807, 2.05) is 20.0 Å². The molecule has 0 atom stereocenters. The van der Waals surface area contributed by atoms with Gasteiger partial charge in [0.1, 0.15) is 0 Å². The minimum Gasteiger partial charge on any atom is -0.462 e. The van der Waals surface area contributed by atoms with E-state index >= 15 is 0 Å². The quantitative estimate of drug-likeness (QED) is 0.440. The van der Waals surface area contributed by atoms with Crippen molar-refractivity contribution in [1.29, 1.82) is 0 Å². The van der Waals surface area contributed by atoms with Crippen LogP contribution in [-0.2, 0) is 9.53 Å². The summed E-state index contributed by atoms with van der Waals surface area (Å²) in [6.07, 6.45) is 7.51. The van der Waals surface area contributed by atoms with E-state index < -0.39 is 0 Å². The maximum atomic E-state index is 11.7. The van der Waals surface area contributed by atoms with Crippen LogP contribution in [0.3, 0.4) is 0 Å². The molecule has 0 aromatic rings. The third-order valence-corrected chi connectivity index (χ3v) is 2.73. The van der Waals surface area contributed by atoms with E-state index in [2.05, 4.69) is 18.7 Å². The van der Waals surface area contributed by atoms with Crippen molar-refractivity contribution in [3.63, 3.8) is 0 Å². The van der Waals surface area contributed by atoms with Crippen molar-refractivity contribution in [2.45, 2.75) is 59.8 Å². The number of unbranched alkanes of at least 4 members (excludes halogenated alkanes) is 2. The second-order valence-corrected chi connectivity index (χ2v) is 4.69. The first kappa shape index (κ1) is 17.0. The van der Waals surface area contributed by atoms with Crippen LogP contribution in [0.5, 0.6) is 0 Å². The molecular weight excluding hydrogens is 226 g/mol. The molecule has 0 rings (SSSR count). The predicted octanol–water partition coefficient (Wildman–Crippen LogP) is 3.75. The molecule has 0 saturated carbocycles. The SMILES string of the molecule is CCCCN(C=C(C)C(=O)OCCC)CCCC. The highest BCUT2D eigenvalue weighted by atomic mass is 16.5. The topological polar surface area (TPSA) is 29.5 Å². The first-order valence-corrected chi connectivity index (χ1v) is 7.25. The summed E-state index contributed by atoms with van der Waals surface area (Å²) in [6, 6.07) is 0. The van der Waals surface area contributed by atoms with Gasteiger partial charge in [0.2, 0.25) is 0 Å². The van der Waals surface area contributed by atoms with Gasteiger partial charge >= 0.3 is 5.97 Å². The Bertz CT molecular complexity index is 241. The molecule has 18 heavy (non-hydrogen) atoms. The molecule has 0 radical (unpaired) electrons. The Morgan fingerprint density at radius 1 is 1.06 bits per heavy atom. The van der Waals surface area contributed by atoms with Gasteiger partial charge in [-0.25, -0.2) is 4.79 Å². The third-order valence-electron chi connectivity index (χ3n) is 2.73. The Morgan fingerprint density at radius 3 is 2.06 bits per heavy atom. The standard InChI is InChI=1S/C15H29NO2/c1-5-8-10-16(11-9-6-2)13-14(4)15(17)18-12-7-3/h13H,5-12H2,1-4H3. The fourth-order valence-electron chi connectivity index (χ4n) is 1.60. The van der Waals surface area contributed by atoms with Gasteiger partial charge in [-0.2, -0.15) is 0 Å². The lowest BCUT2D eigenvalue weighted by atomic mass is 10.2. The van der Waals surface area contributed by atoms with Gasteiger partial charge in [-0.15, -0.1) is 0 Å². The van der Waals surface area contributed by atoms with Crippen LogP contribution in [0.25, 0.3) is 0 Å². The van der Waals surface area contributed by atoms with Gasteiger partial charge in [-0.3, -0.25) is 0 Å². The average molecular weight is 255 g/mol. The molecule has 3 heteroatoms. The molecule has 0 amide bonds. The molecule has 0 aliphatic heterocycles. The minimum atomic E-state index is -0.185. The number of carbonyl (C=O) groups excluding carboxylic acids is 1. The molecular formula is C15H29NO2. The third kappa shape index (κ3) is 8.15. The minimum absolute atomic E-state index is 0.185. The first-order chi connectivity index (χ1) is 8.65. The van der Waals surface area contributed by atoms with Crippen LogP contribution in [-0.4, -0.2) is 30.6 Å². The number of nitrogens with zero attached hydrogens (tertiary/aromatic N) is 1. The summed E-state index contributed by atoms with van der Waals surface area (Å²) in [7, 11) is 0. The van der Waals surface area contributed by atoms with Crippen LogP contribution in [0.2, 0.25) is 0 Å². The Hall–Kier alpha value is -0.990. The Balaban J connectivity index is 4.34. The molecule has 0 aromatic heterocycles. The Morgan fingerprint density at radius 2 is 1.61 bits per heavy atom. The molecule has 3 nitrogen and oxygen atoms in total. The summed E-state index contributed by atoms with van der Waals surface area (Å²) in [4.78, 5) is 13.9. The molecule has 0 heterocycles. The highest BCUT2D eigenvalue weighted by Gasteiger charge is 2.07. The number of esters is 1. The van der Waals surface area contributed by atoms with Crippen molar-refractivity contribution < 1.29 is 9.53 Å². The molecule has 106 valence electrons. The fourth-order valence-corrected chi connectivity index (χ4v) is 1.60. The molecule has 0 bridgehead atoms. The largest absolute Gasteiger partial charge is 0.462 e. The van der Waals surface area contributed by atoms with E-state index in [0.29, 0.717) is 12.2 Å². The molecule has 0 N–H and O–H groups in total. The molecule has 0 aliphatic carbocycles. The van der Waals surface area contributed by atoms with Gasteiger partial charge < -0.3 is 9.64 Å². The van der Waals surface area contributed by atoms with E-state index in [4.69, 9.17) is 4.74 Å². The van der Waals surface area contributed by atoms with Crippen molar-refractivity contribution in [2.24, 2.45) is 0 Å². The summed E-state index contributed by atoms with van der Waals surface area (Å²) in [5, 5.41) is 0. The number of hydrogen-bond donors (Lipinski definition) is 0. The van der Waals surface area contributed by atoms with Gasteiger partial charge in [0.05, 0.1) is 6.61 Å². The molecule has 0 unspecified atom stereocenters. The summed E-state index contributed by atoms with van der Waals surface area (Å²) in [5.74, 6) is -0.185. The van der Waals surface area contributed by atoms with Crippen LogP contribution < -0.4 is 0 Å². The van der Waals surface area contributed by atoms with Crippen LogP contribution in [0, 0.1) is 0 Å². The Labute approximate surface area is 112 Å². The van der Waals surface area contributed by atoms with E-state index in [1.54, 1.807) is 0 Å². The lowest BCUT2D eigenvalue weighted by molar-refractivity contribution is -0.139. The number of ether oxygens (including phenoxy) is 1. The van der Waals surface area contributed by atoms with Crippen LogP contribution in [0.4, 0.5) is 0 Å². The van der Waals surface area contributed by atoms with E-state index in [9.17, 15) is 4.79 Å². The molecule has 0 aromatic carbocycles. The van der Waals surface area contributed by atoms with Crippen molar-refractivity contribution in [2.75, 3.05) is 19.7 Å². The summed E-state index contributed by atoms with van der Waals surface area (Å²) in [6.45, 7) is 10.8.